The zero-order chi connectivity index (χ0) is 11.5. The first kappa shape index (κ1) is 11.3. The average molecular weight is 243 g/mol. The van der Waals surface area contributed by atoms with Crippen LogP contribution in [0.25, 0.3) is 0 Å². The summed E-state index contributed by atoms with van der Waals surface area (Å²) in [4.78, 5) is 17.3. The second-order valence-electron chi connectivity index (χ2n) is 3.80. The SMILES string of the molecule is O=C(c1ccncc1F)N1CCCC1CCl. The highest BCUT2D eigenvalue weighted by Crippen LogP contribution is 2.21. The van der Waals surface area contributed by atoms with Crippen LogP contribution >= 0.6 is 11.6 Å². The van der Waals surface area contributed by atoms with Crippen LogP contribution in [0.1, 0.15) is 23.2 Å². The number of hydrogen-bond acceptors (Lipinski definition) is 2. The van der Waals surface area contributed by atoms with Crippen molar-refractivity contribution in [2.24, 2.45) is 0 Å². The molecule has 0 saturated carbocycles. The molecule has 1 aliphatic rings. The molecule has 16 heavy (non-hydrogen) atoms. The molecule has 2 rings (SSSR count). The van der Waals surface area contributed by atoms with E-state index in [2.05, 4.69) is 4.98 Å². The normalized spacial score (nSPS) is 20.1. The van der Waals surface area contributed by atoms with Gasteiger partial charge in [-0.05, 0) is 18.9 Å². The van der Waals surface area contributed by atoms with Gasteiger partial charge in [-0.15, -0.1) is 11.6 Å². The van der Waals surface area contributed by atoms with Gasteiger partial charge in [0.05, 0.1) is 11.8 Å². The van der Waals surface area contributed by atoms with Crippen molar-refractivity contribution in [1.82, 2.24) is 9.88 Å². The van der Waals surface area contributed by atoms with E-state index in [9.17, 15) is 9.18 Å². The van der Waals surface area contributed by atoms with E-state index < -0.39 is 5.82 Å². The predicted octanol–water partition coefficient (Wildman–Crippen LogP) is 2.06. The number of halogens is 2. The van der Waals surface area contributed by atoms with Gasteiger partial charge in [-0.1, -0.05) is 0 Å². The van der Waals surface area contributed by atoms with Gasteiger partial charge < -0.3 is 4.90 Å². The highest BCUT2D eigenvalue weighted by molar-refractivity contribution is 6.18. The molecule has 0 bridgehead atoms. The van der Waals surface area contributed by atoms with Gasteiger partial charge >= 0.3 is 0 Å². The van der Waals surface area contributed by atoms with Crippen LogP contribution in [0.5, 0.6) is 0 Å². The van der Waals surface area contributed by atoms with E-state index in [1.54, 1.807) is 4.90 Å². The lowest BCUT2D eigenvalue weighted by atomic mass is 10.2. The Morgan fingerprint density at radius 1 is 1.69 bits per heavy atom. The van der Waals surface area contributed by atoms with Crippen molar-refractivity contribution in [3.8, 4) is 0 Å². The van der Waals surface area contributed by atoms with E-state index in [0.717, 1.165) is 19.0 Å². The summed E-state index contributed by atoms with van der Waals surface area (Å²) in [5.74, 6) is -0.464. The Labute approximate surface area is 98.2 Å². The molecule has 1 aromatic heterocycles. The number of alkyl halides is 1. The molecular weight excluding hydrogens is 231 g/mol. The zero-order valence-corrected chi connectivity index (χ0v) is 9.45. The van der Waals surface area contributed by atoms with Gasteiger partial charge in [-0.3, -0.25) is 9.78 Å². The Morgan fingerprint density at radius 3 is 3.19 bits per heavy atom. The third-order valence-electron chi connectivity index (χ3n) is 2.82. The summed E-state index contributed by atoms with van der Waals surface area (Å²) in [5.41, 5.74) is 0.0759. The van der Waals surface area contributed by atoms with Crippen LogP contribution in [0.3, 0.4) is 0 Å². The van der Waals surface area contributed by atoms with Crippen molar-refractivity contribution < 1.29 is 9.18 Å². The topological polar surface area (TPSA) is 33.2 Å². The molecule has 1 atom stereocenters. The molecule has 1 saturated heterocycles. The van der Waals surface area contributed by atoms with Crippen LogP contribution in [-0.2, 0) is 0 Å². The van der Waals surface area contributed by atoms with Crippen LogP contribution in [-0.4, -0.2) is 34.3 Å². The van der Waals surface area contributed by atoms with E-state index in [-0.39, 0.29) is 17.5 Å². The Balaban J connectivity index is 2.22. The number of amides is 1. The average Bonchev–Trinajstić information content (AvgIpc) is 2.77. The molecule has 0 aliphatic carbocycles. The molecule has 2 heterocycles. The largest absolute Gasteiger partial charge is 0.334 e. The van der Waals surface area contributed by atoms with Crippen molar-refractivity contribution in [3.63, 3.8) is 0 Å². The summed E-state index contributed by atoms with van der Waals surface area (Å²) in [6, 6.07) is 1.43. The summed E-state index contributed by atoms with van der Waals surface area (Å²) < 4.78 is 13.4. The minimum Gasteiger partial charge on any atom is -0.334 e. The third kappa shape index (κ3) is 2.02. The first-order valence-corrected chi connectivity index (χ1v) is 5.74. The molecule has 0 N–H and O–H groups in total. The monoisotopic (exact) mass is 242 g/mol. The molecule has 3 nitrogen and oxygen atoms in total. The molecular formula is C11H12ClFN2O. The van der Waals surface area contributed by atoms with Crippen molar-refractivity contribution in [2.75, 3.05) is 12.4 Å². The molecule has 86 valence electrons. The van der Waals surface area contributed by atoms with Crippen LogP contribution in [0, 0.1) is 5.82 Å². The summed E-state index contributed by atoms with van der Waals surface area (Å²) in [7, 11) is 0. The quantitative estimate of drug-likeness (QED) is 0.744. The third-order valence-corrected chi connectivity index (χ3v) is 3.18. The highest BCUT2D eigenvalue weighted by atomic mass is 35.5. The lowest BCUT2D eigenvalue weighted by Gasteiger charge is -2.22. The number of carbonyl (C=O) groups excluding carboxylic acids is 1. The lowest BCUT2D eigenvalue weighted by molar-refractivity contribution is 0.0744. The first-order chi connectivity index (χ1) is 7.74. The van der Waals surface area contributed by atoms with Crippen molar-refractivity contribution in [3.05, 3.63) is 29.8 Å². The van der Waals surface area contributed by atoms with Gasteiger partial charge in [0.1, 0.15) is 0 Å². The highest BCUT2D eigenvalue weighted by Gasteiger charge is 2.29. The molecule has 0 radical (unpaired) electrons. The summed E-state index contributed by atoms with van der Waals surface area (Å²) in [6.07, 6.45) is 4.29. The first-order valence-electron chi connectivity index (χ1n) is 5.20. The predicted molar refractivity (Wildman–Crippen MR) is 59.0 cm³/mol. The molecule has 1 unspecified atom stereocenters. The molecule has 0 spiro atoms. The molecule has 1 fully saturated rings. The van der Waals surface area contributed by atoms with Crippen LogP contribution in [0.15, 0.2) is 18.5 Å². The summed E-state index contributed by atoms with van der Waals surface area (Å²) in [6.45, 7) is 0.651. The Kier molecular flexibility index (Phi) is 3.39. The van der Waals surface area contributed by atoms with Gasteiger partial charge in [0, 0.05) is 24.7 Å². The lowest BCUT2D eigenvalue weighted by Crippen LogP contribution is -2.37. The molecule has 5 heteroatoms. The molecule has 0 aromatic carbocycles. The van der Waals surface area contributed by atoms with Crippen LogP contribution in [0.4, 0.5) is 4.39 Å². The number of nitrogens with zero attached hydrogens (tertiary/aromatic N) is 2. The Hall–Kier alpha value is -1.16. The van der Waals surface area contributed by atoms with Gasteiger partial charge in [-0.25, -0.2) is 4.39 Å². The number of carbonyl (C=O) groups is 1. The van der Waals surface area contributed by atoms with Gasteiger partial charge in [0.25, 0.3) is 5.91 Å². The van der Waals surface area contributed by atoms with E-state index in [0.29, 0.717) is 12.4 Å². The smallest absolute Gasteiger partial charge is 0.257 e. The summed E-state index contributed by atoms with van der Waals surface area (Å²) in [5, 5.41) is 0. The van der Waals surface area contributed by atoms with Crippen molar-refractivity contribution >= 4 is 17.5 Å². The van der Waals surface area contributed by atoms with Crippen LogP contribution in [0.2, 0.25) is 0 Å². The fourth-order valence-electron chi connectivity index (χ4n) is 1.97. The molecule has 1 aromatic rings. The van der Waals surface area contributed by atoms with Gasteiger partial charge in [0.2, 0.25) is 0 Å². The number of hydrogen-bond donors (Lipinski definition) is 0. The minimum atomic E-state index is -0.576. The fraction of sp³-hybridized carbons (Fsp3) is 0.455. The number of likely N-dealkylation sites (tertiary alicyclic amines) is 1. The maximum atomic E-state index is 13.4. The number of aromatic nitrogens is 1. The number of rotatable bonds is 2. The second-order valence-corrected chi connectivity index (χ2v) is 4.11. The second kappa shape index (κ2) is 4.78. The molecule has 1 aliphatic heterocycles. The summed E-state index contributed by atoms with van der Waals surface area (Å²) >= 11 is 5.77. The molecule has 1 amide bonds. The standard InChI is InChI=1S/C11H12ClFN2O/c12-6-8-2-1-5-15(8)11(16)9-3-4-14-7-10(9)13/h3-4,7-8H,1-2,5-6H2. The zero-order valence-electron chi connectivity index (χ0n) is 8.70. The Bertz CT molecular complexity index is 399. The fourth-order valence-corrected chi connectivity index (χ4v) is 2.29. The van der Waals surface area contributed by atoms with E-state index in [4.69, 9.17) is 11.6 Å². The van der Waals surface area contributed by atoms with Crippen LogP contribution < -0.4 is 0 Å². The van der Waals surface area contributed by atoms with E-state index >= 15 is 0 Å². The van der Waals surface area contributed by atoms with E-state index in [1.807, 2.05) is 0 Å². The minimum absolute atomic E-state index is 0.0294. The van der Waals surface area contributed by atoms with Gasteiger partial charge in [-0.2, -0.15) is 0 Å². The maximum absolute atomic E-state index is 13.4. The van der Waals surface area contributed by atoms with Crippen molar-refractivity contribution in [2.45, 2.75) is 18.9 Å². The van der Waals surface area contributed by atoms with Gasteiger partial charge in [0.15, 0.2) is 5.82 Å². The van der Waals surface area contributed by atoms with E-state index in [1.165, 1.54) is 12.3 Å². The Morgan fingerprint density at radius 2 is 2.50 bits per heavy atom. The van der Waals surface area contributed by atoms with Crippen molar-refractivity contribution in [1.29, 1.82) is 0 Å². The maximum Gasteiger partial charge on any atom is 0.257 e. The number of pyridine rings is 1.